The average Bonchev–Trinajstić information content (AvgIpc) is 2.91. The number of rotatable bonds is 3. The number of phenolic OH excluding ortho intramolecular Hbond substituents is 7. The van der Waals surface area contributed by atoms with E-state index < -0.39 is 30.0 Å². The molecule has 0 fully saturated rings. The second-order valence-electron chi connectivity index (χ2n) is 10.1. The smallest absolute Gasteiger partial charge is 0.157 e. The largest absolute Gasteiger partial charge is 0.508 e. The maximum atomic E-state index is 11.2. The molecule has 8 N–H and O–H groups in total. The van der Waals surface area contributed by atoms with Crippen LogP contribution in [0.2, 0.25) is 0 Å². The van der Waals surface area contributed by atoms with E-state index in [4.69, 9.17) is 9.47 Å². The van der Waals surface area contributed by atoms with Crippen LogP contribution in [0.1, 0.15) is 52.4 Å². The fourth-order valence-corrected chi connectivity index (χ4v) is 5.56. The Bertz CT molecular complexity index is 1630. The van der Waals surface area contributed by atoms with Crippen LogP contribution in [0.4, 0.5) is 0 Å². The van der Waals surface area contributed by atoms with Gasteiger partial charge in [-0.15, -0.1) is 0 Å². The third kappa shape index (κ3) is 4.18. The minimum atomic E-state index is -1.12. The molecule has 0 saturated heterocycles. The predicted octanol–water partition coefficient (Wildman–Crippen LogP) is 4.32. The first-order valence-corrected chi connectivity index (χ1v) is 12.6. The number of aliphatic hydroxyl groups excluding tert-OH is 1. The van der Waals surface area contributed by atoms with Gasteiger partial charge < -0.3 is 50.3 Å². The van der Waals surface area contributed by atoms with Gasteiger partial charge in [-0.1, -0.05) is 18.2 Å². The zero-order chi connectivity index (χ0) is 28.3. The van der Waals surface area contributed by atoms with Crippen molar-refractivity contribution in [3.8, 4) is 51.7 Å². The summed E-state index contributed by atoms with van der Waals surface area (Å²) in [5.41, 5.74) is 2.13. The molecule has 2 heterocycles. The second-order valence-corrected chi connectivity index (χ2v) is 10.1. The Balaban J connectivity index is 1.49. The van der Waals surface area contributed by atoms with E-state index in [1.54, 1.807) is 12.1 Å². The molecule has 10 heteroatoms. The Morgan fingerprint density at radius 2 is 1.30 bits per heavy atom. The van der Waals surface area contributed by atoms with E-state index in [-0.39, 0.29) is 58.7 Å². The minimum Gasteiger partial charge on any atom is -0.508 e. The lowest BCUT2D eigenvalue weighted by atomic mass is 9.79. The molecule has 0 spiro atoms. The molecule has 2 aliphatic rings. The summed E-state index contributed by atoms with van der Waals surface area (Å²) in [4.78, 5) is 0. The molecule has 4 atom stereocenters. The molecule has 2 aliphatic heterocycles. The van der Waals surface area contributed by atoms with Crippen molar-refractivity contribution in [1.82, 2.24) is 0 Å². The van der Waals surface area contributed by atoms with Gasteiger partial charge in [-0.25, -0.2) is 0 Å². The zero-order valence-electron chi connectivity index (χ0n) is 20.9. The number of hydrogen-bond acceptors (Lipinski definition) is 10. The standard InChI is InChI=1S/C30H26O10/c31-15-3-4-16-17(11-26(39-27(16)9-15)13-1-5-19(32)22(35)7-13)28-24(37)12-21(34)18-10-25(38)29(40-30(18)28)14-2-6-20(33)23(36)8-14/h1-9,12,17,25-26,29,31-38H,10-11H2/t17-,25+,26+,29+/m1/s1. The highest BCUT2D eigenvalue weighted by Gasteiger charge is 2.40. The van der Waals surface area contributed by atoms with Gasteiger partial charge in [0.25, 0.3) is 0 Å². The first-order valence-electron chi connectivity index (χ1n) is 12.6. The van der Waals surface area contributed by atoms with Crippen molar-refractivity contribution in [3.63, 3.8) is 0 Å². The van der Waals surface area contributed by atoms with Crippen LogP contribution >= 0.6 is 0 Å². The molecular weight excluding hydrogens is 520 g/mol. The molecule has 6 rings (SSSR count). The van der Waals surface area contributed by atoms with Crippen LogP contribution in [0.3, 0.4) is 0 Å². The number of aromatic hydroxyl groups is 7. The summed E-state index contributed by atoms with van der Waals surface area (Å²) in [5.74, 6) is -2.05. The van der Waals surface area contributed by atoms with Gasteiger partial charge in [-0.05, 0) is 47.9 Å². The molecule has 40 heavy (non-hydrogen) atoms. The van der Waals surface area contributed by atoms with Gasteiger partial charge in [0.1, 0.15) is 41.0 Å². The van der Waals surface area contributed by atoms with Crippen molar-refractivity contribution < 1.29 is 50.3 Å². The summed E-state index contributed by atoms with van der Waals surface area (Å²) >= 11 is 0. The highest BCUT2D eigenvalue weighted by Crippen LogP contribution is 2.55. The van der Waals surface area contributed by atoms with E-state index in [1.807, 2.05) is 0 Å². The molecule has 0 saturated carbocycles. The summed E-state index contributed by atoms with van der Waals surface area (Å²) in [6.45, 7) is 0. The lowest BCUT2D eigenvalue weighted by molar-refractivity contribution is 0.0184. The van der Waals surface area contributed by atoms with Crippen molar-refractivity contribution in [2.24, 2.45) is 0 Å². The van der Waals surface area contributed by atoms with Crippen molar-refractivity contribution in [2.75, 3.05) is 0 Å². The number of aliphatic hydroxyl groups is 1. The van der Waals surface area contributed by atoms with Crippen LogP contribution in [0.25, 0.3) is 0 Å². The van der Waals surface area contributed by atoms with Gasteiger partial charge in [0.05, 0.1) is 6.10 Å². The fraction of sp³-hybridized carbons (Fsp3) is 0.200. The number of hydrogen-bond donors (Lipinski definition) is 8. The van der Waals surface area contributed by atoms with Gasteiger partial charge in [-0.3, -0.25) is 0 Å². The fourth-order valence-electron chi connectivity index (χ4n) is 5.56. The number of phenols is 7. The van der Waals surface area contributed by atoms with E-state index in [0.717, 1.165) is 0 Å². The molecule has 10 nitrogen and oxygen atoms in total. The number of benzene rings is 4. The van der Waals surface area contributed by atoms with Crippen LogP contribution in [-0.4, -0.2) is 47.0 Å². The van der Waals surface area contributed by atoms with E-state index in [2.05, 4.69) is 0 Å². The Labute approximate surface area is 227 Å². The maximum Gasteiger partial charge on any atom is 0.157 e. The molecule has 0 radical (unpaired) electrons. The Morgan fingerprint density at radius 3 is 2.00 bits per heavy atom. The molecule has 4 aromatic rings. The third-order valence-corrected chi connectivity index (χ3v) is 7.52. The summed E-state index contributed by atoms with van der Waals surface area (Å²) in [6.07, 6.45) is -2.58. The first-order chi connectivity index (χ1) is 19.1. The molecule has 4 aromatic carbocycles. The van der Waals surface area contributed by atoms with Crippen LogP contribution in [0.5, 0.6) is 51.7 Å². The quantitative estimate of drug-likeness (QED) is 0.172. The van der Waals surface area contributed by atoms with E-state index in [1.165, 1.54) is 48.5 Å². The van der Waals surface area contributed by atoms with Gasteiger partial charge in [0.2, 0.25) is 0 Å². The normalized spacial score (nSPS) is 21.5. The summed E-state index contributed by atoms with van der Waals surface area (Å²) in [7, 11) is 0. The van der Waals surface area contributed by atoms with E-state index >= 15 is 0 Å². The van der Waals surface area contributed by atoms with Crippen molar-refractivity contribution in [3.05, 3.63) is 88.5 Å². The molecule has 206 valence electrons. The third-order valence-electron chi connectivity index (χ3n) is 7.52. The lowest BCUT2D eigenvalue weighted by Gasteiger charge is -2.37. The highest BCUT2D eigenvalue weighted by molar-refractivity contribution is 5.63. The first kappa shape index (κ1) is 25.3. The Kier molecular flexibility index (Phi) is 5.92. The average molecular weight is 547 g/mol. The maximum absolute atomic E-state index is 11.2. The van der Waals surface area contributed by atoms with Gasteiger partial charge in [0.15, 0.2) is 23.0 Å². The second kappa shape index (κ2) is 9.35. The summed E-state index contributed by atoms with van der Waals surface area (Å²) < 4.78 is 12.4. The van der Waals surface area contributed by atoms with Gasteiger partial charge in [0, 0.05) is 41.2 Å². The monoisotopic (exact) mass is 546 g/mol. The molecule has 0 amide bonds. The topological polar surface area (TPSA) is 180 Å². The number of ether oxygens (including phenoxy) is 2. The van der Waals surface area contributed by atoms with Crippen molar-refractivity contribution in [2.45, 2.75) is 37.1 Å². The SMILES string of the molecule is Oc1ccc2c(c1)O[C@H](c1ccc(O)c(O)c1)C[C@H]2c1c(O)cc(O)c2c1O[C@@H](c1ccc(O)c(O)c1)[C@@H](O)C2. The zero-order valence-corrected chi connectivity index (χ0v) is 20.9. The molecular formula is C30H26O10. The molecule has 0 aromatic heterocycles. The van der Waals surface area contributed by atoms with Crippen LogP contribution < -0.4 is 9.47 Å². The van der Waals surface area contributed by atoms with Crippen LogP contribution in [0.15, 0.2) is 60.7 Å². The lowest BCUT2D eigenvalue weighted by Crippen LogP contribution is -2.31. The summed E-state index contributed by atoms with van der Waals surface area (Å²) in [5, 5.41) is 82.6. The number of fused-ring (bicyclic) bond motifs is 2. The van der Waals surface area contributed by atoms with Gasteiger partial charge >= 0.3 is 0 Å². The van der Waals surface area contributed by atoms with E-state index in [9.17, 15) is 40.9 Å². The van der Waals surface area contributed by atoms with Gasteiger partial charge in [-0.2, -0.15) is 0 Å². The van der Waals surface area contributed by atoms with Crippen molar-refractivity contribution in [1.29, 1.82) is 0 Å². The van der Waals surface area contributed by atoms with E-state index in [0.29, 0.717) is 28.0 Å². The minimum absolute atomic E-state index is 0.0261. The molecule has 0 aliphatic carbocycles. The van der Waals surface area contributed by atoms with Crippen molar-refractivity contribution >= 4 is 0 Å². The molecule has 0 bridgehead atoms. The molecule has 0 unspecified atom stereocenters. The summed E-state index contributed by atoms with van der Waals surface area (Å²) in [6, 6.07) is 14.1. The highest BCUT2D eigenvalue weighted by atomic mass is 16.5. The van der Waals surface area contributed by atoms with Crippen LogP contribution in [0, 0.1) is 0 Å². The Hall–Kier alpha value is -4.96. The van der Waals surface area contributed by atoms with Crippen LogP contribution in [-0.2, 0) is 6.42 Å². The Morgan fingerprint density at radius 1 is 0.625 bits per heavy atom. The predicted molar refractivity (Wildman–Crippen MR) is 140 cm³/mol.